The predicted molar refractivity (Wildman–Crippen MR) is 53.4 cm³/mol. The standard InChI is InChI=1S/C10H11ClO3/c11-9-4-2-1-3-8(9)7-14-6-5-10(12)13/h1-4H,5-7H2,(H,12,13). The molecule has 4 heteroatoms. The van der Waals surface area contributed by atoms with E-state index in [1.54, 1.807) is 6.07 Å². The van der Waals surface area contributed by atoms with Gasteiger partial charge < -0.3 is 9.84 Å². The first-order chi connectivity index (χ1) is 6.70. The minimum Gasteiger partial charge on any atom is -0.481 e. The van der Waals surface area contributed by atoms with Crippen molar-refractivity contribution in [3.63, 3.8) is 0 Å². The van der Waals surface area contributed by atoms with E-state index in [0.29, 0.717) is 11.6 Å². The fourth-order valence-corrected chi connectivity index (χ4v) is 1.15. The molecule has 0 saturated heterocycles. The molecule has 0 atom stereocenters. The van der Waals surface area contributed by atoms with E-state index in [-0.39, 0.29) is 13.0 Å². The van der Waals surface area contributed by atoms with Crippen molar-refractivity contribution in [3.8, 4) is 0 Å². The number of carbonyl (C=O) groups is 1. The molecule has 76 valence electrons. The van der Waals surface area contributed by atoms with Gasteiger partial charge in [-0.1, -0.05) is 29.8 Å². The Labute approximate surface area is 87.3 Å². The van der Waals surface area contributed by atoms with E-state index in [1.165, 1.54) is 0 Å². The van der Waals surface area contributed by atoms with Gasteiger partial charge in [-0.05, 0) is 11.6 Å². The molecule has 0 radical (unpaired) electrons. The zero-order chi connectivity index (χ0) is 10.4. The van der Waals surface area contributed by atoms with Gasteiger partial charge in [0.2, 0.25) is 0 Å². The molecular formula is C10H11ClO3. The summed E-state index contributed by atoms with van der Waals surface area (Å²) in [5, 5.41) is 9.00. The number of hydrogen-bond donors (Lipinski definition) is 1. The third-order valence-corrected chi connectivity index (χ3v) is 2.04. The Morgan fingerprint density at radius 1 is 1.43 bits per heavy atom. The van der Waals surface area contributed by atoms with Crippen LogP contribution in [-0.2, 0) is 16.1 Å². The summed E-state index contributed by atoms with van der Waals surface area (Å²) in [4.78, 5) is 10.2. The van der Waals surface area contributed by atoms with Crippen LogP contribution >= 0.6 is 11.6 Å². The molecule has 1 N–H and O–H groups in total. The zero-order valence-electron chi connectivity index (χ0n) is 7.57. The highest BCUT2D eigenvalue weighted by molar-refractivity contribution is 6.31. The van der Waals surface area contributed by atoms with Gasteiger partial charge in [-0.15, -0.1) is 0 Å². The largest absolute Gasteiger partial charge is 0.481 e. The second kappa shape index (κ2) is 5.62. The summed E-state index contributed by atoms with van der Waals surface area (Å²) in [5.74, 6) is -0.857. The van der Waals surface area contributed by atoms with E-state index < -0.39 is 5.97 Å². The normalized spacial score (nSPS) is 10.1. The number of carboxylic acids is 1. The monoisotopic (exact) mass is 214 g/mol. The lowest BCUT2D eigenvalue weighted by Gasteiger charge is -2.04. The second-order valence-electron chi connectivity index (χ2n) is 2.79. The van der Waals surface area contributed by atoms with Crippen LogP contribution in [0.4, 0.5) is 0 Å². The Morgan fingerprint density at radius 2 is 2.14 bits per heavy atom. The van der Waals surface area contributed by atoms with Crippen molar-refractivity contribution < 1.29 is 14.6 Å². The molecule has 0 saturated carbocycles. The number of benzene rings is 1. The third kappa shape index (κ3) is 3.77. The van der Waals surface area contributed by atoms with Crippen molar-refractivity contribution in [1.82, 2.24) is 0 Å². The van der Waals surface area contributed by atoms with Crippen LogP contribution in [0, 0.1) is 0 Å². The Morgan fingerprint density at radius 3 is 2.79 bits per heavy atom. The van der Waals surface area contributed by atoms with E-state index in [2.05, 4.69) is 0 Å². The molecule has 0 spiro atoms. The van der Waals surface area contributed by atoms with Gasteiger partial charge in [0.05, 0.1) is 19.6 Å². The minimum absolute atomic E-state index is 0.0183. The first-order valence-corrected chi connectivity index (χ1v) is 4.61. The molecule has 0 aliphatic rings. The summed E-state index contributed by atoms with van der Waals surface area (Å²) in [7, 11) is 0. The third-order valence-electron chi connectivity index (χ3n) is 1.68. The maximum Gasteiger partial charge on any atom is 0.305 e. The fraction of sp³-hybridized carbons (Fsp3) is 0.300. The Hall–Kier alpha value is -1.06. The molecule has 0 unspecified atom stereocenters. The molecule has 0 aromatic heterocycles. The summed E-state index contributed by atoms with van der Waals surface area (Å²) in [5.41, 5.74) is 0.875. The van der Waals surface area contributed by atoms with E-state index in [4.69, 9.17) is 21.4 Å². The van der Waals surface area contributed by atoms with Gasteiger partial charge in [-0.3, -0.25) is 4.79 Å². The maximum absolute atomic E-state index is 10.2. The average molecular weight is 215 g/mol. The number of carboxylic acid groups (broad SMARTS) is 1. The van der Waals surface area contributed by atoms with Crippen LogP contribution in [0.3, 0.4) is 0 Å². The summed E-state index contributed by atoms with van der Waals surface area (Å²) in [6.07, 6.45) is 0.0183. The quantitative estimate of drug-likeness (QED) is 0.766. The molecule has 1 rings (SSSR count). The van der Waals surface area contributed by atoms with Crippen molar-refractivity contribution in [2.75, 3.05) is 6.61 Å². The SMILES string of the molecule is O=C(O)CCOCc1ccccc1Cl. The number of aliphatic carboxylic acids is 1. The highest BCUT2D eigenvalue weighted by Crippen LogP contribution is 2.15. The zero-order valence-corrected chi connectivity index (χ0v) is 8.33. The summed E-state index contributed by atoms with van der Waals surface area (Å²) >= 11 is 5.87. The number of hydrogen-bond acceptors (Lipinski definition) is 2. The van der Waals surface area contributed by atoms with Crippen molar-refractivity contribution >= 4 is 17.6 Å². The maximum atomic E-state index is 10.2. The van der Waals surface area contributed by atoms with Crippen molar-refractivity contribution in [1.29, 1.82) is 0 Å². The van der Waals surface area contributed by atoms with Crippen LogP contribution in [0.15, 0.2) is 24.3 Å². The van der Waals surface area contributed by atoms with Gasteiger partial charge in [0.15, 0.2) is 0 Å². The van der Waals surface area contributed by atoms with Crippen LogP contribution in [0.1, 0.15) is 12.0 Å². The molecule has 0 bridgehead atoms. The number of halogens is 1. The second-order valence-corrected chi connectivity index (χ2v) is 3.19. The van der Waals surface area contributed by atoms with Crippen LogP contribution in [0.25, 0.3) is 0 Å². The molecule has 0 aliphatic carbocycles. The number of ether oxygens (including phenoxy) is 1. The van der Waals surface area contributed by atoms with Gasteiger partial charge in [0.1, 0.15) is 0 Å². The van der Waals surface area contributed by atoms with Gasteiger partial charge in [0, 0.05) is 5.02 Å². The first-order valence-electron chi connectivity index (χ1n) is 4.23. The van der Waals surface area contributed by atoms with Crippen LogP contribution in [0.2, 0.25) is 5.02 Å². The van der Waals surface area contributed by atoms with Gasteiger partial charge in [0.25, 0.3) is 0 Å². The molecule has 0 fully saturated rings. The lowest BCUT2D eigenvalue weighted by atomic mass is 10.2. The van der Waals surface area contributed by atoms with E-state index >= 15 is 0 Å². The van der Waals surface area contributed by atoms with Crippen molar-refractivity contribution in [2.24, 2.45) is 0 Å². The topological polar surface area (TPSA) is 46.5 Å². The lowest BCUT2D eigenvalue weighted by Crippen LogP contribution is -2.02. The smallest absolute Gasteiger partial charge is 0.305 e. The Kier molecular flexibility index (Phi) is 4.43. The van der Waals surface area contributed by atoms with Gasteiger partial charge in [-0.25, -0.2) is 0 Å². The summed E-state index contributed by atoms with van der Waals surface area (Å²) in [6.45, 7) is 0.563. The van der Waals surface area contributed by atoms with Crippen molar-refractivity contribution in [3.05, 3.63) is 34.9 Å². The highest BCUT2D eigenvalue weighted by atomic mass is 35.5. The predicted octanol–water partition coefficient (Wildman–Crippen LogP) is 2.33. The summed E-state index contributed by atoms with van der Waals surface area (Å²) in [6, 6.07) is 7.32. The average Bonchev–Trinajstić information content (AvgIpc) is 2.15. The van der Waals surface area contributed by atoms with Crippen LogP contribution < -0.4 is 0 Å². The Balaban J connectivity index is 2.31. The molecule has 1 aromatic rings. The van der Waals surface area contributed by atoms with Gasteiger partial charge >= 0.3 is 5.97 Å². The summed E-state index contributed by atoms with van der Waals surface area (Å²) < 4.78 is 5.15. The van der Waals surface area contributed by atoms with E-state index in [0.717, 1.165) is 5.56 Å². The van der Waals surface area contributed by atoms with Crippen LogP contribution in [0.5, 0.6) is 0 Å². The lowest BCUT2D eigenvalue weighted by molar-refractivity contribution is -0.138. The molecule has 3 nitrogen and oxygen atoms in total. The molecule has 1 aromatic carbocycles. The number of rotatable bonds is 5. The molecule has 0 heterocycles. The van der Waals surface area contributed by atoms with E-state index in [1.807, 2.05) is 18.2 Å². The Bertz CT molecular complexity index is 312. The molecular weight excluding hydrogens is 204 g/mol. The fourth-order valence-electron chi connectivity index (χ4n) is 0.957. The minimum atomic E-state index is -0.857. The first kappa shape index (κ1) is 11.0. The van der Waals surface area contributed by atoms with E-state index in [9.17, 15) is 4.79 Å². The highest BCUT2D eigenvalue weighted by Gasteiger charge is 2.00. The molecule has 0 amide bonds. The van der Waals surface area contributed by atoms with Crippen molar-refractivity contribution in [2.45, 2.75) is 13.0 Å². The molecule has 14 heavy (non-hydrogen) atoms. The van der Waals surface area contributed by atoms with Crippen LogP contribution in [-0.4, -0.2) is 17.7 Å². The molecule has 0 aliphatic heterocycles. The van der Waals surface area contributed by atoms with Gasteiger partial charge in [-0.2, -0.15) is 0 Å².